The van der Waals surface area contributed by atoms with Crippen molar-refractivity contribution in [3.63, 3.8) is 0 Å². The lowest BCUT2D eigenvalue weighted by Gasteiger charge is -2.18. The standard InChI is InChI=1S/C9H16O2/c1-5-7-8(6-2)11-9(3,4)10-7/h5-6H2,1-4H3. The highest BCUT2D eigenvalue weighted by Crippen LogP contribution is 2.33. The molecule has 1 rings (SSSR count). The predicted octanol–water partition coefficient (Wildman–Crippen LogP) is 2.80. The second-order valence-corrected chi connectivity index (χ2v) is 3.16. The van der Waals surface area contributed by atoms with Gasteiger partial charge in [-0.2, -0.15) is 0 Å². The molecule has 0 aromatic rings. The van der Waals surface area contributed by atoms with Crippen LogP contribution in [0.1, 0.15) is 40.5 Å². The first-order chi connectivity index (χ1) is 5.09. The van der Waals surface area contributed by atoms with Crippen molar-refractivity contribution in [2.45, 2.75) is 46.3 Å². The van der Waals surface area contributed by atoms with E-state index in [0.29, 0.717) is 0 Å². The van der Waals surface area contributed by atoms with Gasteiger partial charge in [0.15, 0.2) is 0 Å². The van der Waals surface area contributed by atoms with Crippen molar-refractivity contribution in [2.75, 3.05) is 0 Å². The lowest BCUT2D eigenvalue weighted by Crippen LogP contribution is -2.20. The van der Waals surface area contributed by atoms with Crippen LogP contribution < -0.4 is 0 Å². The Morgan fingerprint density at radius 1 is 1.00 bits per heavy atom. The second kappa shape index (κ2) is 2.76. The Morgan fingerprint density at radius 3 is 1.64 bits per heavy atom. The Morgan fingerprint density at radius 2 is 1.36 bits per heavy atom. The fraction of sp³-hybridized carbons (Fsp3) is 0.778. The van der Waals surface area contributed by atoms with E-state index < -0.39 is 5.79 Å². The molecule has 2 heteroatoms. The number of hydrogen-bond donors (Lipinski definition) is 0. The second-order valence-electron chi connectivity index (χ2n) is 3.16. The van der Waals surface area contributed by atoms with Crippen LogP contribution in [0.5, 0.6) is 0 Å². The molecule has 1 heterocycles. The third kappa shape index (κ3) is 1.67. The van der Waals surface area contributed by atoms with Crippen LogP contribution in [0.25, 0.3) is 0 Å². The highest BCUT2D eigenvalue weighted by molar-refractivity contribution is 5.06. The van der Waals surface area contributed by atoms with Gasteiger partial charge in [0.05, 0.1) is 0 Å². The molecule has 0 amide bonds. The van der Waals surface area contributed by atoms with Crippen LogP contribution in [0, 0.1) is 0 Å². The van der Waals surface area contributed by atoms with Crippen molar-refractivity contribution < 1.29 is 9.47 Å². The van der Waals surface area contributed by atoms with Crippen LogP contribution >= 0.6 is 0 Å². The fourth-order valence-electron chi connectivity index (χ4n) is 1.27. The SMILES string of the molecule is CCC1=C(CC)OC(C)(C)O1. The van der Waals surface area contributed by atoms with Gasteiger partial charge in [-0.25, -0.2) is 0 Å². The van der Waals surface area contributed by atoms with E-state index in [1.807, 2.05) is 13.8 Å². The summed E-state index contributed by atoms with van der Waals surface area (Å²) in [6.45, 7) is 8.03. The minimum absolute atomic E-state index is 0.434. The summed E-state index contributed by atoms with van der Waals surface area (Å²) in [4.78, 5) is 0. The lowest BCUT2D eigenvalue weighted by molar-refractivity contribution is -0.124. The van der Waals surface area contributed by atoms with Gasteiger partial charge in [-0.1, -0.05) is 13.8 Å². The Labute approximate surface area is 68.2 Å². The number of rotatable bonds is 2. The van der Waals surface area contributed by atoms with E-state index in [1.54, 1.807) is 0 Å². The van der Waals surface area contributed by atoms with Crippen LogP contribution in [0.3, 0.4) is 0 Å². The molecule has 0 fully saturated rings. The van der Waals surface area contributed by atoms with Crippen LogP contribution in [0.15, 0.2) is 11.5 Å². The quantitative estimate of drug-likeness (QED) is 0.612. The molecule has 0 unspecified atom stereocenters. The van der Waals surface area contributed by atoms with Crippen LogP contribution in [-0.2, 0) is 9.47 Å². The maximum Gasteiger partial charge on any atom is 0.245 e. The molecule has 0 saturated heterocycles. The van der Waals surface area contributed by atoms with E-state index in [2.05, 4.69) is 13.8 Å². The summed E-state index contributed by atoms with van der Waals surface area (Å²) in [6, 6.07) is 0. The molecular formula is C9H16O2. The molecule has 0 saturated carbocycles. The number of allylic oxidation sites excluding steroid dienone is 2. The summed E-state index contributed by atoms with van der Waals surface area (Å²) < 4.78 is 11.1. The van der Waals surface area contributed by atoms with E-state index in [0.717, 1.165) is 24.4 Å². The van der Waals surface area contributed by atoms with Crippen LogP contribution in [0.4, 0.5) is 0 Å². The first-order valence-corrected chi connectivity index (χ1v) is 4.19. The number of hydrogen-bond acceptors (Lipinski definition) is 2. The monoisotopic (exact) mass is 156 g/mol. The Hall–Kier alpha value is -0.660. The Kier molecular flexibility index (Phi) is 2.12. The van der Waals surface area contributed by atoms with Crippen molar-refractivity contribution in [1.82, 2.24) is 0 Å². The van der Waals surface area contributed by atoms with E-state index in [4.69, 9.17) is 9.47 Å². The maximum absolute atomic E-state index is 5.56. The van der Waals surface area contributed by atoms with E-state index >= 15 is 0 Å². The molecule has 2 nitrogen and oxygen atoms in total. The Bertz CT molecular complexity index is 162. The molecule has 11 heavy (non-hydrogen) atoms. The molecule has 0 aromatic heterocycles. The molecule has 0 aliphatic carbocycles. The zero-order valence-electron chi connectivity index (χ0n) is 7.73. The zero-order chi connectivity index (χ0) is 8.48. The highest BCUT2D eigenvalue weighted by atomic mass is 16.7. The van der Waals surface area contributed by atoms with Crippen molar-refractivity contribution in [2.24, 2.45) is 0 Å². The molecule has 0 radical (unpaired) electrons. The zero-order valence-corrected chi connectivity index (χ0v) is 7.73. The van der Waals surface area contributed by atoms with Gasteiger partial charge in [-0.05, 0) is 0 Å². The lowest BCUT2D eigenvalue weighted by atomic mass is 10.3. The minimum Gasteiger partial charge on any atom is -0.454 e. The van der Waals surface area contributed by atoms with Gasteiger partial charge < -0.3 is 9.47 Å². The topological polar surface area (TPSA) is 18.5 Å². The van der Waals surface area contributed by atoms with Gasteiger partial charge in [-0.15, -0.1) is 0 Å². The van der Waals surface area contributed by atoms with Gasteiger partial charge in [0, 0.05) is 26.7 Å². The van der Waals surface area contributed by atoms with Gasteiger partial charge in [0.25, 0.3) is 0 Å². The highest BCUT2D eigenvalue weighted by Gasteiger charge is 2.31. The third-order valence-electron chi connectivity index (χ3n) is 1.69. The molecule has 0 atom stereocenters. The first-order valence-electron chi connectivity index (χ1n) is 4.19. The van der Waals surface area contributed by atoms with E-state index in [9.17, 15) is 0 Å². The molecule has 0 spiro atoms. The van der Waals surface area contributed by atoms with E-state index in [1.165, 1.54) is 0 Å². The van der Waals surface area contributed by atoms with Crippen molar-refractivity contribution in [1.29, 1.82) is 0 Å². The molecule has 1 aliphatic heterocycles. The normalized spacial score (nSPS) is 21.5. The molecule has 0 bridgehead atoms. The van der Waals surface area contributed by atoms with Crippen LogP contribution in [-0.4, -0.2) is 5.79 Å². The molecular weight excluding hydrogens is 140 g/mol. The average Bonchev–Trinajstić information content (AvgIpc) is 2.25. The summed E-state index contributed by atoms with van der Waals surface area (Å²) in [5, 5.41) is 0. The molecule has 64 valence electrons. The van der Waals surface area contributed by atoms with Crippen LogP contribution in [0.2, 0.25) is 0 Å². The van der Waals surface area contributed by atoms with Crippen molar-refractivity contribution >= 4 is 0 Å². The van der Waals surface area contributed by atoms with Gasteiger partial charge in [0.1, 0.15) is 11.5 Å². The van der Waals surface area contributed by atoms with E-state index in [-0.39, 0.29) is 0 Å². The summed E-state index contributed by atoms with van der Waals surface area (Å²) >= 11 is 0. The van der Waals surface area contributed by atoms with Gasteiger partial charge in [0.2, 0.25) is 5.79 Å². The van der Waals surface area contributed by atoms with Gasteiger partial charge >= 0.3 is 0 Å². The van der Waals surface area contributed by atoms with Crippen molar-refractivity contribution in [3.05, 3.63) is 11.5 Å². The average molecular weight is 156 g/mol. The summed E-state index contributed by atoms with van der Waals surface area (Å²) in [7, 11) is 0. The first kappa shape index (κ1) is 8.44. The molecule has 0 aromatic carbocycles. The number of ether oxygens (including phenoxy) is 2. The molecule has 0 N–H and O–H groups in total. The van der Waals surface area contributed by atoms with Gasteiger partial charge in [-0.3, -0.25) is 0 Å². The Balaban J connectivity index is 2.71. The molecule has 1 aliphatic rings. The fourth-order valence-corrected chi connectivity index (χ4v) is 1.27. The smallest absolute Gasteiger partial charge is 0.245 e. The van der Waals surface area contributed by atoms with Crippen molar-refractivity contribution in [3.8, 4) is 0 Å². The minimum atomic E-state index is -0.434. The predicted molar refractivity (Wildman–Crippen MR) is 43.9 cm³/mol. The third-order valence-corrected chi connectivity index (χ3v) is 1.69. The summed E-state index contributed by atoms with van der Waals surface area (Å²) in [5.74, 6) is 1.59. The summed E-state index contributed by atoms with van der Waals surface area (Å²) in [5.41, 5.74) is 0. The largest absolute Gasteiger partial charge is 0.454 e. The summed E-state index contributed by atoms with van der Waals surface area (Å²) in [6.07, 6.45) is 1.85. The maximum atomic E-state index is 5.56.